The van der Waals surface area contributed by atoms with Crippen LogP contribution in [0.1, 0.15) is 19.6 Å². The number of hydrogen-bond acceptors (Lipinski definition) is 2. The molecule has 0 saturated heterocycles. The first-order valence-electron chi connectivity index (χ1n) is 6.27. The van der Waals surface area contributed by atoms with E-state index in [1.54, 1.807) is 12.1 Å². The lowest BCUT2D eigenvalue weighted by Crippen LogP contribution is -2.27. The van der Waals surface area contributed by atoms with Crippen LogP contribution in [0.15, 0.2) is 40.8 Å². The predicted molar refractivity (Wildman–Crippen MR) is 70.9 cm³/mol. The minimum atomic E-state index is -0.230. The van der Waals surface area contributed by atoms with Crippen LogP contribution in [-0.2, 0) is 6.42 Å². The summed E-state index contributed by atoms with van der Waals surface area (Å²) in [6, 6.07) is 10.6. The van der Waals surface area contributed by atoms with E-state index in [0.717, 1.165) is 30.0 Å². The van der Waals surface area contributed by atoms with Crippen molar-refractivity contribution in [2.45, 2.75) is 26.3 Å². The third kappa shape index (κ3) is 3.20. The van der Waals surface area contributed by atoms with Gasteiger partial charge in [-0.15, -0.1) is 0 Å². The van der Waals surface area contributed by atoms with Gasteiger partial charge in [0.05, 0.1) is 0 Å². The quantitative estimate of drug-likeness (QED) is 0.872. The van der Waals surface area contributed by atoms with Crippen LogP contribution in [0.4, 0.5) is 4.39 Å². The molecule has 0 aliphatic rings. The lowest BCUT2D eigenvalue weighted by molar-refractivity contribution is 0.470. The standard InChI is InChI=1S/C15H18FNO/c1-3-17-11(2)10-14-8-9-15(18-14)12-4-6-13(16)7-5-12/h4-9,11,17H,3,10H2,1-2H3. The van der Waals surface area contributed by atoms with Gasteiger partial charge < -0.3 is 9.73 Å². The van der Waals surface area contributed by atoms with Gasteiger partial charge in [-0.1, -0.05) is 6.92 Å². The smallest absolute Gasteiger partial charge is 0.134 e. The number of hydrogen-bond donors (Lipinski definition) is 1. The van der Waals surface area contributed by atoms with Crippen LogP contribution in [0.2, 0.25) is 0 Å². The Morgan fingerprint density at radius 2 is 1.89 bits per heavy atom. The molecule has 0 fully saturated rings. The molecule has 0 spiro atoms. The monoisotopic (exact) mass is 247 g/mol. The summed E-state index contributed by atoms with van der Waals surface area (Å²) < 4.78 is 18.6. The molecule has 1 aromatic heterocycles. The molecule has 3 heteroatoms. The molecule has 2 aromatic rings. The minimum absolute atomic E-state index is 0.230. The maximum atomic E-state index is 12.8. The largest absolute Gasteiger partial charge is 0.461 e. The maximum Gasteiger partial charge on any atom is 0.134 e. The summed E-state index contributed by atoms with van der Waals surface area (Å²) in [5.41, 5.74) is 0.902. The first-order valence-corrected chi connectivity index (χ1v) is 6.27. The highest BCUT2D eigenvalue weighted by Crippen LogP contribution is 2.22. The van der Waals surface area contributed by atoms with Gasteiger partial charge in [0.1, 0.15) is 17.3 Å². The number of rotatable bonds is 5. The zero-order valence-corrected chi connectivity index (χ0v) is 10.7. The highest BCUT2D eigenvalue weighted by Gasteiger charge is 2.08. The summed E-state index contributed by atoms with van der Waals surface area (Å²) in [5.74, 6) is 1.50. The lowest BCUT2D eigenvalue weighted by atomic mass is 10.2. The van der Waals surface area contributed by atoms with Crippen molar-refractivity contribution in [1.82, 2.24) is 5.32 Å². The number of likely N-dealkylation sites (N-methyl/N-ethyl adjacent to an activating group) is 1. The van der Waals surface area contributed by atoms with Gasteiger partial charge in [0, 0.05) is 18.0 Å². The van der Waals surface area contributed by atoms with Crippen molar-refractivity contribution >= 4 is 0 Å². The molecule has 0 radical (unpaired) electrons. The minimum Gasteiger partial charge on any atom is -0.461 e. The molecule has 0 aliphatic carbocycles. The van der Waals surface area contributed by atoms with Crippen molar-refractivity contribution in [2.75, 3.05) is 6.54 Å². The average molecular weight is 247 g/mol. The zero-order valence-electron chi connectivity index (χ0n) is 10.7. The maximum absolute atomic E-state index is 12.8. The summed E-state index contributed by atoms with van der Waals surface area (Å²) in [7, 11) is 0. The fourth-order valence-corrected chi connectivity index (χ4v) is 1.98. The topological polar surface area (TPSA) is 25.2 Å². The highest BCUT2D eigenvalue weighted by molar-refractivity contribution is 5.57. The van der Waals surface area contributed by atoms with Crippen LogP contribution in [0.3, 0.4) is 0 Å². The fourth-order valence-electron chi connectivity index (χ4n) is 1.98. The van der Waals surface area contributed by atoms with E-state index in [0.29, 0.717) is 6.04 Å². The number of nitrogens with one attached hydrogen (secondary N) is 1. The van der Waals surface area contributed by atoms with Gasteiger partial charge in [-0.3, -0.25) is 0 Å². The van der Waals surface area contributed by atoms with Crippen molar-refractivity contribution in [3.8, 4) is 11.3 Å². The van der Waals surface area contributed by atoms with Crippen LogP contribution in [0, 0.1) is 5.82 Å². The molecule has 1 unspecified atom stereocenters. The predicted octanol–water partition coefficient (Wildman–Crippen LogP) is 3.63. The Morgan fingerprint density at radius 1 is 1.17 bits per heavy atom. The van der Waals surface area contributed by atoms with Crippen LogP contribution in [0.25, 0.3) is 11.3 Å². The van der Waals surface area contributed by atoms with E-state index < -0.39 is 0 Å². The van der Waals surface area contributed by atoms with E-state index in [2.05, 4.69) is 19.2 Å². The van der Waals surface area contributed by atoms with Crippen LogP contribution >= 0.6 is 0 Å². The molecular formula is C15H18FNO. The second-order valence-electron chi connectivity index (χ2n) is 4.44. The van der Waals surface area contributed by atoms with Gasteiger partial charge in [0.2, 0.25) is 0 Å². The van der Waals surface area contributed by atoms with Crippen molar-refractivity contribution < 1.29 is 8.81 Å². The Hall–Kier alpha value is -1.61. The van der Waals surface area contributed by atoms with E-state index in [-0.39, 0.29) is 5.82 Å². The molecule has 2 rings (SSSR count). The molecule has 18 heavy (non-hydrogen) atoms. The Labute approximate surface area is 107 Å². The van der Waals surface area contributed by atoms with Gasteiger partial charge in [0.15, 0.2) is 0 Å². The molecule has 1 atom stereocenters. The van der Waals surface area contributed by atoms with E-state index in [4.69, 9.17) is 4.42 Å². The molecule has 96 valence electrons. The van der Waals surface area contributed by atoms with Crippen molar-refractivity contribution in [1.29, 1.82) is 0 Å². The number of halogens is 1. The second kappa shape index (κ2) is 5.83. The summed E-state index contributed by atoms with van der Waals surface area (Å²) in [6.45, 7) is 5.17. The Bertz CT molecular complexity index is 489. The Balaban J connectivity index is 2.08. The number of furan rings is 1. The van der Waals surface area contributed by atoms with Crippen LogP contribution < -0.4 is 5.32 Å². The molecule has 1 aromatic carbocycles. The zero-order chi connectivity index (χ0) is 13.0. The normalized spacial score (nSPS) is 12.6. The fraction of sp³-hybridized carbons (Fsp3) is 0.333. The Kier molecular flexibility index (Phi) is 4.15. The summed E-state index contributed by atoms with van der Waals surface area (Å²) >= 11 is 0. The average Bonchev–Trinajstić information content (AvgIpc) is 2.78. The van der Waals surface area contributed by atoms with Gasteiger partial charge in [-0.2, -0.15) is 0 Å². The summed E-state index contributed by atoms with van der Waals surface area (Å²) in [5, 5.41) is 3.34. The molecule has 1 heterocycles. The van der Waals surface area contributed by atoms with Gasteiger partial charge >= 0.3 is 0 Å². The molecule has 0 aliphatic heterocycles. The SMILES string of the molecule is CCNC(C)Cc1ccc(-c2ccc(F)cc2)o1. The van der Waals surface area contributed by atoms with E-state index in [1.807, 2.05) is 12.1 Å². The summed E-state index contributed by atoms with van der Waals surface area (Å²) in [6.07, 6.45) is 0.856. The number of benzene rings is 1. The third-order valence-corrected chi connectivity index (χ3v) is 2.85. The van der Waals surface area contributed by atoms with Crippen LogP contribution in [-0.4, -0.2) is 12.6 Å². The van der Waals surface area contributed by atoms with Crippen LogP contribution in [0.5, 0.6) is 0 Å². The lowest BCUT2D eigenvalue weighted by Gasteiger charge is -2.09. The first-order chi connectivity index (χ1) is 8.69. The first kappa shape index (κ1) is 12.8. The highest BCUT2D eigenvalue weighted by atomic mass is 19.1. The molecule has 1 N–H and O–H groups in total. The molecule has 0 bridgehead atoms. The molecule has 0 amide bonds. The Morgan fingerprint density at radius 3 is 2.56 bits per heavy atom. The second-order valence-corrected chi connectivity index (χ2v) is 4.44. The van der Waals surface area contributed by atoms with Gasteiger partial charge in [0.25, 0.3) is 0 Å². The van der Waals surface area contributed by atoms with E-state index >= 15 is 0 Å². The third-order valence-electron chi connectivity index (χ3n) is 2.85. The molecule has 2 nitrogen and oxygen atoms in total. The van der Waals surface area contributed by atoms with E-state index in [1.165, 1.54) is 12.1 Å². The van der Waals surface area contributed by atoms with Crippen molar-refractivity contribution in [3.05, 3.63) is 48.0 Å². The van der Waals surface area contributed by atoms with Gasteiger partial charge in [-0.25, -0.2) is 4.39 Å². The van der Waals surface area contributed by atoms with Crippen molar-refractivity contribution in [3.63, 3.8) is 0 Å². The van der Waals surface area contributed by atoms with E-state index in [9.17, 15) is 4.39 Å². The molecular weight excluding hydrogens is 229 g/mol. The van der Waals surface area contributed by atoms with Gasteiger partial charge in [-0.05, 0) is 49.9 Å². The molecule has 0 saturated carbocycles. The summed E-state index contributed by atoms with van der Waals surface area (Å²) in [4.78, 5) is 0. The van der Waals surface area contributed by atoms with Crippen molar-refractivity contribution in [2.24, 2.45) is 0 Å².